The molecule has 1 atom stereocenters. The van der Waals surface area contributed by atoms with Gasteiger partial charge in [-0.2, -0.15) is 0 Å². The van der Waals surface area contributed by atoms with Crippen molar-refractivity contribution in [3.63, 3.8) is 0 Å². The number of carboxylic acid groups (broad SMARTS) is 1. The van der Waals surface area contributed by atoms with Gasteiger partial charge in [0.15, 0.2) is 17.7 Å². The Labute approximate surface area is 200 Å². The summed E-state index contributed by atoms with van der Waals surface area (Å²) < 4.78 is 30.2. The number of hydrogen-bond acceptors (Lipinski definition) is 5. The van der Waals surface area contributed by atoms with Crippen LogP contribution in [-0.2, 0) is 16.0 Å². The molecule has 0 heterocycles. The second kappa shape index (κ2) is 14.2. The van der Waals surface area contributed by atoms with E-state index < -0.39 is 24.0 Å². The Bertz CT molecular complexity index is 902. The molecular weight excluding hydrogens is 441 g/mol. The molecular formula is C26H34FNO6. The van der Waals surface area contributed by atoms with Crippen LogP contribution < -0.4 is 9.47 Å². The van der Waals surface area contributed by atoms with Crippen molar-refractivity contribution >= 4 is 12.1 Å². The zero-order valence-corrected chi connectivity index (χ0v) is 20.0. The highest BCUT2D eigenvalue weighted by molar-refractivity contribution is 5.72. The summed E-state index contributed by atoms with van der Waals surface area (Å²) in [6, 6.07) is 12.9. The highest BCUT2D eigenvalue weighted by Gasteiger charge is 2.19. The van der Waals surface area contributed by atoms with E-state index >= 15 is 0 Å². The molecule has 0 fully saturated rings. The van der Waals surface area contributed by atoms with Crippen LogP contribution in [0.15, 0.2) is 48.5 Å². The molecule has 1 unspecified atom stereocenters. The van der Waals surface area contributed by atoms with Gasteiger partial charge in [0, 0.05) is 19.6 Å². The van der Waals surface area contributed by atoms with Crippen molar-refractivity contribution in [2.75, 3.05) is 26.3 Å². The quantitative estimate of drug-likeness (QED) is 0.406. The molecule has 0 aliphatic heterocycles. The van der Waals surface area contributed by atoms with Crippen LogP contribution in [0.3, 0.4) is 0 Å². The topological polar surface area (TPSA) is 85.3 Å². The molecule has 0 bridgehead atoms. The summed E-state index contributed by atoms with van der Waals surface area (Å²) >= 11 is 0. The number of rotatable bonds is 14. The van der Waals surface area contributed by atoms with Gasteiger partial charge in [-0.15, -0.1) is 0 Å². The molecule has 2 rings (SSSR count). The van der Waals surface area contributed by atoms with Gasteiger partial charge in [-0.1, -0.05) is 38.1 Å². The molecule has 186 valence electrons. The van der Waals surface area contributed by atoms with Gasteiger partial charge in [-0.05, 0) is 55.5 Å². The predicted molar refractivity (Wildman–Crippen MR) is 127 cm³/mol. The number of aliphatic carboxylic acids is 1. The first-order valence-corrected chi connectivity index (χ1v) is 11.6. The predicted octanol–water partition coefficient (Wildman–Crippen LogP) is 5.17. The fourth-order valence-corrected chi connectivity index (χ4v) is 3.30. The van der Waals surface area contributed by atoms with E-state index in [1.807, 2.05) is 0 Å². The molecule has 0 spiro atoms. The van der Waals surface area contributed by atoms with Crippen molar-refractivity contribution in [2.45, 2.75) is 46.1 Å². The lowest BCUT2D eigenvalue weighted by atomic mass is 10.1. The third-order valence-corrected chi connectivity index (χ3v) is 5.12. The first-order chi connectivity index (χ1) is 16.3. The first kappa shape index (κ1) is 27.1. The molecule has 1 amide bonds. The van der Waals surface area contributed by atoms with Gasteiger partial charge in [0.25, 0.3) is 0 Å². The molecule has 0 aliphatic carbocycles. The van der Waals surface area contributed by atoms with Gasteiger partial charge in [-0.25, -0.2) is 14.0 Å². The summed E-state index contributed by atoms with van der Waals surface area (Å²) in [5, 5.41) is 9.22. The van der Waals surface area contributed by atoms with Crippen LogP contribution in [0.5, 0.6) is 11.5 Å². The number of benzene rings is 2. The van der Waals surface area contributed by atoms with E-state index in [9.17, 15) is 19.1 Å². The maximum absolute atomic E-state index is 13.9. The Balaban J connectivity index is 1.92. The highest BCUT2D eigenvalue weighted by atomic mass is 19.1. The number of carboxylic acids is 1. The lowest BCUT2D eigenvalue weighted by molar-refractivity contribution is -0.149. The number of carbonyl (C=O) groups is 2. The molecule has 2 aromatic carbocycles. The summed E-state index contributed by atoms with van der Waals surface area (Å²) in [7, 11) is 0. The number of amides is 1. The van der Waals surface area contributed by atoms with Crippen LogP contribution >= 0.6 is 0 Å². The smallest absolute Gasteiger partial charge is 0.415 e. The Morgan fingerprint density at radius 3 is 2.38 bits per heavy atom. The number of hydrogen-bond donors (Lipinski definition) is 1. The molecule has 34 heavy (non-hydrogen) atoms. The minimum atomic E-state index is -0.998. The summed E-state index contributed by atoms with van der Waals surface area (Å²) in [5.41, 5.74) is 0.817. The van der Waals surface area contributed by atoms with Crippen LogP contribution in [0.25, 0.3) is 0 Å². The number of para-hydroxylation sites is 1. The molecule has 0 aliphatic rings. The van der Waals surface area contributed by atoms with E-state index in [-0.39, 0.29) is 25.3 Å². The minimum absolute atomic E-state index is 0.107. The van der Waals surface area contributed by atoms with Crippen LogP contribution in [0.1, 0.15) is 39.2 Å². The molecule has 8 heteroatoms. The Hall–Kier alpha value is -3.13. The van der Waals surface area contributed by atoms with Crippen LogP contribution in [0.2, 0.25) is 0 Å². The van der Waals surface area contributed by atoms with E-state index in [1.54, 1.807) is 37.3 Å². The van der Waals surface area contributed by atoms with Crippen LogP contribution in [0.4, 0.5) is 9.18 Å². The maximum Gasteiger partial charge on any atom is 0.415 e. The molecule has 1 N–H and O–H groups in total. The number of carbonyl (C=O) groups excluding carboxylic acids is 1. The third-order valence-electron chi connectivity index (χ3n) is 5.12. The first-order valence-electron chi connectivity index (χ1n) is 11.6. The van der Waals surface area contributed by atoms with Gasteiger partial charge in [0.05, 0.1) is 6.54 Å². The van der Waals surface area contributed by atoms with Gasteiger partial charge >= 0.3 is 12.1 Å². The lowest BCUT2D eigenvalue weighted by Gasteiger charge is -2.22. The van der Waals surface area contributed by atoms with E-state index in [1.165, 1.54) is 23.1 Å². The fraction of sp³-hybridized carbons (Fsp3) is 0.462. The second-order valence-corrected chi connectivity index (χ2v) is 8.30. The highest BCUT2D eigenvalue weighted by Crippen LogP contribution is 2.18. The van der Waals surface area contributed by atoms with Crippen molar-refractivity contribution < 1.29 is 33.3 Å². The standard InChI is InChI=1S/C26H34FNO6/c1-4-32-24(25(29)30)18-20-11-13-21(14-12-20)33-17-16-28(15-7-8-19(2)3)26(31)34-23-10-6-5-9-22(23)27/h5-6,9-14,19,24H,4,7-8,15-18H2,1-3H3,(H,29,30). The average molecular weight is 476 g/mol. The van der Waals surface area contributed by atoms with Gasteiger partial charge in [0.1, 0.15) is 12.4 Å². The number of nitrogens with zero attached hydrogens (tertiary/aromatic N) is 1. The average Bonchev–Trinajstić information content (AvgIpc) is 2.80. The Morgan fingerprint density at radius 1 is 1.06 bits per heavy atom. The molecule has 0 aromatic heterocycles. The van der Waals surface area contributed by atoms with E-state index in [0.717, 1.165) is 18.4 Å². The van der Waals surface area contributed by atoms with Crippen molar-refractivity contribution in [3.8, 4) is 11.5 Å². The molecule has 7 nitrogen and oxygen atoms in total. The number of ether oxygens (including phenoxy) is 3. The summed E-state index contributed by atoms with van der Waals surface area (Å²) in [6.45, 7) is 7.28. The largest absolute Gasteiger partial charge is 0.492 e. The summed E-state index contributed by atoms with van der Waals surface area (Å²) in [4.78, 5) is 25.4. The maximum atomic E-state index is 13.9. The second-order valence-electron chi connectivity index (χ2n) is 8.30. The van der Waals surface area contributed by atoms with E-state index in [2.05, 4.69) is 13.8 Å². The molecule has 0 saturated heterocycles. The Kier molecular flexibility index (Phi) is 11.3. The summed E-state index contributed by atoms with van der Waals surface area (Å²) in [6.07, 6.45) is 0.489. The van der Waals surface area contributed by atoms with Gasteiger partial charge in [0.2, 0.25) is 0 Å². The van der Waals surface area contributed by atoms with Gasteiger partial charge < -0.3 is 24.2 Å². The van der Waals surface area contributed by atoms with Crippen LogP contribution in [-0.4, -0.2) is 54.5 Å². The molecule has 0 saturated carbocycles. The monoisotopic (exact) mass is 475 g/mol. The van der Waals surface area contributed by atoms with Crippen molar-refractivity contribution in [2.24, 2.45) is 5.92 Å². The zero-order chi connectivity index (χ0) is 24.9. The van der Waals surface area contributed by atoms with E-state index in [0.29, 0.717) is 24.8 Å². The zero-order valence-electron chi connectivity index (χ0n) is 20.0. The van der Waals surface area contributed by atoms with E-state index in [4.69, 9.17) is 14.2 Å². The normalized spacial score (nSPS) is 11.8. The van der Waals surface area contributed by atoms with Gasteiger partial charge in [-0.3, -0.25) is 0 Å². The summed E-state index contributed by atoms with van der Waals surface area (Å²) in [5.74, 6) is -0.602. The Morgan fingerprint density at radius 2 is 1.76 bits per heavy atom. The van der Waals surface area contributed by atoms with Crippen LogP contribution in [0, 0.1) is 11.7 Å². The SMILES string of the molecule is CCOC(Cc1ccc(OCCN(CCCC(C)C)C(=O)Oc2ccccc2F)cc1)C(=O)O. The fourth-order valence-electron chi connectivity index (χ4n) is 3.30. The lowest BCUT2D eigenvalue weighted by Crippen LogP contribution is -2.37. The van der Waals surface area contributed by atoms with Crippen molar-refractivity contribution in [3.05, 3.63) is 59.9 Å². The van der Waals surface area contributed by atoms with Crippen molar-refractivity contribution in [1.29, 1.82) is 0 Å². The minimum Gasteiger partial charge on any atom is -0.492 e. The third kappa shape index (κ3) is 9.39. The molecule has 0 radical (unpaired) electrons. The van der Waals surface area contributed by atoms with Crippen molar-refractivity contribution in [1.82, 2.24) is 4.90 Å². The number of halogens is 1. The molecule has 2 aromatic rings.